The fourth-order valence-electron chi connectivity index (χ4n) is 6.51. The molecule has 3 aromatic rings. The van der Waals surface area contributed by atoms with Crippen LogP contribution in [0.1, 0.15) is 66.7 Å². The Hall–Kier alpha value is -3.83. The molecular formula is C34H37ClF3N5O3. The molecule has 12 heteroatoms. The lowest BCUT2D eigenvalue weighted by molar-refractivity contribution is -0.140. The van der Waals surface area contributed by atoms with Crippen LogP contribution in [0.2, 0.25) is 5.02 Å². The summed E-state index contributed by atoms with van der Waals surface area (Å²) < 4.78 is 53.6. The van der Waals surface area contributed by atoms with Crippen LogP contribution in [-0.4, -0.2) is 62.4 Å². The number of halogens is 4. The predicted octanol–water partition coefficient (Wildman–Crippen LogP) is 7.29. The molecule has 8 nitrogen and oxygen atoms in total. The lowest BCUT2D eigenvalue weighted by Crippen LogP contribution is -2.36. The Labute approximate surface area is 271 Å². The molecule has 4 heterocycles. The average Bonchev–Trinajstić information content (AvgIpc) is 3.08. The van der Waals surface area contributed by atoms with Gasteiger partial charge in [-0.2, -0.15) is 23.1 Å². The van der Waals surface area contributed by atoms with Gasteiger partial charge in [0.1, 0.15) is 18.2 Å². The summed E-state index contributed by atoms with van der Waals surface area (Å²) in [7, 11) is 1.49. The summed E-state index contributed by atoms with van der Waals surface area (Å²) in [6, 6.07) is 13.0. The maximum atomic E-state index is 14.3. The molecule has 2 aromatic carbocycles. The van der Waals surface area contributed by atoms with Crippen LogP contribution < -0.4 is 15.1 Å². The highest BCUT2D eigenvalue weighted by atomic mass is 35.5. The minimum absolute atomic E-state index is 0.0415. The van der Waals surface area contributed by atoms with Gasteiger partial charge >= 0.3 is 12.1 Å². The van der Waals surface area contributed by atoms with Gasteiger partial charge in [-0.15, -0.1) is 0 Å². The molecule has 2 fully saturated rings. The zero-order valence-electron chi connectivity index (χ0n) is 25.7. The molecule has 0 aliphatic carbocycles. The fraction of sp³-hybridized carbons (Fsp3) is 0.441. The predicted molar refractivity (Wildman–Crippen MR) is 172 cm³/mol. The SMILES string of the molecule is COCCOC(=O)C1=C(c2ccccc2)Nc2nc(N3CCCCC3)nc(N3CCCCC3)c2C1c1cccc(C(F)(F)F)c1Cl. The number of anilines is 3. The van der Waals surface area contributed by atoms with Crippen LogP contribution in [-0.2, 0) is 20.4 Å². The van der Waals surface area contributed by atoms with Crippen molar-refractivity contribution in [1.82, 2.24) is 9.97 Å². The second kappa shape index (κ2) is 13.9. The first kappa shape index (κ1) is 32.1. The van der Waals surface area contributed by atoms with Crippen LogP contribution >= 0.6 is 11.6 Å². The Morgan fingerprint density at radius 2 is 1.59 bits per heavy atom. The monoisotopic (exact) mass is 655 g/mol. The Kier molecular flexibility index (Phi) is 9.70. The summed E-state index contributed by atoms with van der Waals surface area (Å²) >= 11 is 6.68. The van der Waals surface area contributed by atoms with Crippen molar-refractivity contribution in [3.05, 3.63) is 81.4 Å². The number of alkyl halides is 3. The molecular weight excluding hydrogens is 619 g/mol. The Morgan fingerprint density at radius 1 is 0.913 bits per heavy atom. The number of carbonyl (C=O) groups excluding carboxylic acids is 1. The lowest BCUT2D eigenvalue weighted by Gasteiger charge is -2.38. The third kappa shape index (κ3) is 6.53. The van der Waals surface area contributed by atoms with Gasteiger partial charge in [0.15, 0.2) is 0 Å². The molecule has 2 saturated heterocycles. The maximum absolute atomic E-state index is 14.3. The minimum atomic E-state index is -4.71. The van der Waals surface area contributed by atoms with Crippen LogP contribution in [0.15, 0.2) is 54.1 Å². The molecule has 3 aliphatic rings. The van der Waals surface area contributed by atoms with E-state index in [9.17, 15) is 18.0 Å². The van der Waals surface area contributed by atoms with E-state index in [0.29, 0.717) is 34.4 Å². The van der Waals surface area contributed by atoms with E-state index >= 15 is 0 Å². The summed E-state index contributed by atoms with van der Waals surface area (Å²) in [4.78, 5) is 28.6. The van der Waals surface area contributed by atoms with Crippen LogP contribution in [0, 0.1) is 0 Å². The number of hydrogen-bond acceptors (Lipinski definition) is 8. The number of ether oxygens (including phenoxy) is 2. The smallest absolute Gasteiger partial charge is 0.417 e. The first-order valence-electron chi connectivity index (χ1n) is 15.8. The molecule has 46 heavy (non-hydrogen) atoms. The summed E-state index contributed by atoms with van der Waals surface area (Å²) in [6.07, 6.45) is 1.40. The van der Waals surface area contributed by atoms with E-state index in [1.165, 1.54) is 13.2 Å². The van der Waals surface area contributed by atoms with Gasteiger partial charge in [0, 0.05) is 38.9 Å². The largest absolute Gasteiger partial charge is 0.460 e. The number of carbonyl (C=O) groups is 1. The highest BCUT2D eigenvalue weighted by Crippen LogP contribution is 2.51. The Balaban J connectivity index is 1.65. The van der Waals surface area contributed by atoms with E-state index in [2.05, 4.69) is 15.1 Å². The molecule has 1 atom stereocenters. The number of aromatic nitrogens is 2. The van der Waals surface area contributed by atoms with Crippen LogP contribution in [0.5, 0.6) is 0 Å². The highest BCUT2D eigenvalue weighted by molar-refractivity contribution is 6.32. The van der Waals surface area contributed by atoms with Gasteiger partial charge in [-0.3, -0.25) is 0 Å². The van der Waals surface area contributed by atoms with Crippen molar-refractivity contribution < 1.29 is 27.4 Å². The molecule has 0 radical (unpaired) electrons. The number of nitrogens with one attached hydrogen (secondary N) is 1. The van der Waals surface area contributed by atoms with Gasteiger partial charge in [-0.1, -0.05) is 54.1 Å². The van der Waals surface area contributed by atoms with Crippen molar-refractivity contribution >= 4 is 40.9 Å². The fourth-order valence-corrected chi connectivity index (χ4v) is 6.86. The number of esters is 1. The van der Waals surface area contributed by atoms with Crippen molar-refractivity contribution in [2.45, 2.75) is 50.6 Å². The zero-order chi connectivity index (χ0) is 32.3. The quantitative estimate of drug-likeness (QED) is 0.200. The highest BCUT2D eigenvalue weighted by Gasteiger charge is 2.43. The van der Waals surface area contributed by atoms with Gasteiger partial charge in [-0.25, -0.2) is 4.79 Å². The van der Waals surface area contributed by atoms with Crippen molar-refractivity contribution in [2.24, 2.45) is 0 Å². The van der Waals surface area contributed by atoms with Crippen molar-refractivity contribution in [1.29, 1.82) is 0 Å². The molecule has 0 saturated carbocycles. The Morgan fingerprint density at radius 3 is 2.24 bits per heavy atom. The molecule has 1 unspecified atom stereocenters. The second-order valence-electron chi connectivity index (χ2n) is 11.8. The number of fused-ring (bicyclic) bond motifs is 1. The van der Waals surface area contributed by atoms with Gasteiger partial charge in [-0.05, 0) is 55.7 Å². The maximum Gasteiger partial charge on any atom is 0.417 e. The lowest BCUT2D eigenvalue weighted by atomic mass is 9.79. The second-order valence-corrected chi connectivity index (χ2v) is 12.1. The third-order valence-corrected chi connectivity index (χ3v) is 9.17. The topological polar surface area (TPSA) is 79.8 Å². The number of methoxy groups -OCH3 is 1. The molecule has 244 valence electrons. The molecule has 0 bridgehead atoms. The van der Waals surface area contributed by atoms with E-state index in [0.717, 1.165) is 70.8 Å². The number of piperidine rings is 2. The first-order valence-corrected chi connectivity index (χ1v) is 16.2. The van der Waals surface area contributed by atoms with Crippen LogP contribution in [0.4, 0.5) is 30.8 Å². The van der Waals surface area contributed by atoms with E-state index in [1.807, 2.05) is 30.3 Å². The molecule has 0 amide bonds. The standard InChI is InChI=1S/C34H37ClF3N5O3/c1-45-20-21-46-32(44)26-25(23-14-11-15-24(28(23)35)34(36,37)38)27-30(39-29(26)22-12-5-2-6-13-22)40-33(43-18-9-4-10-19-43)41-31(27)42-16-7-3-8-17-42/h2,5-6,11-15,25H,3-4,7-10,16-21H2,1H3,(H,39,40,41). The zero-order valence-corrected chi connectivity index (χ0v) is 26.5. The number of rotatable bonds is 8. The van der Waals surface area contributed by atoms with Gasteiger partial charge < -0.3 is 24.6 Å². The molecule has 1 aromatic heterocycles. The summed E-state index contributed by atoms with van der Waals surface area (Å²) in [6.45, 7) is 3.16. The van der Waals surface area contributed by atoms with Gasteiger partial charge in [0.2, 0.25) is 5.95 Å². The number of nitrogens with zero attached hydrogens (tertiary/aromatic N) is 4. The summed E-state index contributed by atoms with van der Waals surface area (Å²) in [5.41, 5.74) is 0.815. The van der Waals surface area contributed by atoms with Crippen LogP contribution in [0.25, 0.3) is 5.70 Å². The van der Waals surface area contributed by atoms with Gasteiger partial charge in [0.25, 0.3) is 0 Å². The van der Waals surface area contributed by atoms with E-state index < -0.39 is 28.6 Å². The normalized spacial score (nSPS) is 18.7. The van der Waals surface area contributed by atoms with Crippen molar-refractivity contribution in [3.8, 4) is 0 Å². The van der Waals surface area contributed by atoms with Gasteiger partial charge in [0.05, 0.1) is 34.4 Å². The first-order chi connectivity index (χ1) is 22.3. The molecule has 6 rings (SSSR count). The van der Waals surface area contributed by atoms with E-state index in [-0.39, 0.29) is 24.4 Å². The summed E-state index contributed by atoms with van der Waals surface area (Å²) in [5.74, 6) is -0.188. The molecule has 0 spiro atoms. The Bertz CT molecular complexity index is 1590. The molecule has 1 N–H and O–H groups in total. The summed E-state index contributed by atoms with van der Waals surface area (Å²) in [5, 5.41) is 2.96. The number of benzene rings is 2. The average molecular weight is 656 g/mol. The van der Waals surface area contributed by atoms with Crippen molar-refractivity contribution in [3.63, 3.8) is 0 Å². The number of hydrogen-bond donors (Lipinski definition) is 1. The van der Waals surface area contributed by atoms with Crippen LogP contribution in [0.3, 0.4) is 0 Å². The van der Waals surface area contributed by atoms with Crippen molar-refractivity contribution in [2.75, 3.05) is 61.6 Å². The molecule has 3 aliphatic heterocycles. The van der Waals surface area contributed by atoms with E-state index in [1.54, 1.807) is 6.07 Å². The minimum Gasteiger partial charge on any atom is -0.460 e. The third-order valence-electron chi connectivity index (χ3n) is 8.75. The van der Waals surface area contributed by atoms with E-state index in [4.69, 9.17) is 31.0 Å².